The van der Waals surface area contributed by atoms with Crippen LogP contribution in [-0.2, 0) is 14.9 Å². The first-order valence-corrected chi connectivity index (χ1v) is 6.11. The van der Waals surface area contributed by atoms with Gasteiger partial charge in [-0.1, -0.05) is 37.3 Å². The van der Waals surface area contributed by atoms with Crippen molar-refractivity contribution in [3.63, 3.8) is 0 Å². The summed E-state index contributed by atoms with van der Waals surface area (Å²) in [5, 5.41) is 0. The van der Waals surface area contributed by atoms with Crippen LogP contribution in [0.2, 0.25) is 0 Å². The number of benzene rings is 1. The van der Waals surface area contributed by atoms with Crippen LogP contribution in [0.5, 0.6) is 0 Å². The molecule has 2 heteroatoms. The van der Waals surface area contributed by atoms with E-state index < -0.39 is 5.60 Å². The Bertz CT molecular complexity index is 416. The molecule has 0 aliphatic heterocycles. The van der Waals surface area contributed by atoms with Crippen LogP contribution in [-0.4, -0.2) is 11.6 Å². The number of carbonyl (C=O) groups excluding carboxylic acids is 1. The molecule has 1 aliphatic carbocycles. The van der Waals surface area contributed by atoms with Crippen molar-refractivity contribution in [2.75, 3.05) is 0 Å². The number of carbonyl (C=O) groups is 1. The van der Waals surface area contributed by atoms with E-state index in [-0.39, 0.29) is 17.3 Å². The SMILES string of the molecule is CC(C)(C)OC(=O)[C@H]1C[C@@]1(C)c1ccccc1. The number of rotatable bonds is 2. The summed E-state index contributed by atoms with van der Waals surface area (Å²) in [6.45, 7) is 7.87. The molecule has 0 unspecified atom stereocenters. The second kappa shape index (κ2) is 3.86. The molecular weight excluding hydrogens is 212 g/mol. The first kappa shape index (κ1) is 12.2. The third-order valence-corrected chi connectivity index (χ3v) is 3.36. The van der Waals surface area contributed by atoms with E-state index in [1.807, 2.05) is 39.0 Å². The van der Waals surface area contributed by atoms with E-state index in [0.29, 0.717) is 0 Å². The minimum absolute atomic E-state index is 0.0177. The Morgan fingerprint density at radius 1 is 1.29 bits per heavy atom. The number of hydrogen-bond donors (Lipinski definition) is 0. The van der Waals surface area contributed by atoms with E-state index >= 15 is 0 Å². The van der Waals surface area contributed by atoms with Crippen LogP contribution < -0.4 is 0 Å². The zero-order chi connectivity index (χ0) is 12.7. The van der Waals surface area contributed by atoms with Gasteiger partial charge in [-0.05, 0) is 32.8 Å². The van der Waals surface area contributed by atoms with Crippen molar-refractivity contribution >= 4 is 5.97 Å². The minimum atomic E-state index is -0.392. The van der Waals surface area contributed by atoms with Crippen LogP contribution in [0.15, 0.2) is 30.3 Å². The van der Waals surface area contributed by atoms with Gasteiger partial charge in [0.2, 0.25) is 0 Å². The third kappa shape index (κ3) is 2.51. The zero-order valence-electron chi connectivity index (χ0n) is 11.0. The normalized spacial score (nSPS) is 27.6. The Hall–Kier alpha value is -1.31. The van der Waals surface area contributed by atoms with Crippen molar-refractivity contribution in [1.82, 2.24) is 0 Å². The molecule has 2 rings (SSSR count). The highest BCUT2D eigenvalue weighted by Gasteiger charge is 2.56. The van der Waals surface area contributed by atoms with Crippen molar-refractivity contribution in [3.8, 4) is 0 Å². The van der Waals surface area contributed by atoms with Gasteiger partial charge in [-0.2, -0.15) is 0 Å². The van der Waals surface area contributed by atoms with Crippen molar-refractivity contribution in [2.45, 2.75) is 45.1 Å². The fourth-order valence-corrected chi connectivity index (χ4v) is 2.22. The average Bonchev–Trinajstić information content (AvgIpc) is 2.92. The van der Waals surface area contributed by atoms with Gasteiger partial charge in [-0.3, -0.25) is 4.79 Å². The smallest absolute Gasteiger partial charge is 0.310 e. The Balaban J connectivity index is 2.07. The summed E-state index contributed by atoms with van der Waals surface area (Å²) in [7, 11) is 0. The molecule has 2 atom stereocenters. The fourth-order valence-electron chi connectivity index (χ4n) is 2.22. The molecule has 1 aromatic carbocycles. The van der Waals surface area contributed by atoms with Crippen LogP contribution >= 0.6 is 0 Å². The highest BCUT2D eigenvalue weighted by Crippen LogP contribution is 2.54. The summed E-state index contributed by atoms with van der Waals surface area (Å²) in [5.41, 5.74) is 0.816. The maximum absolute atomic E-state index is 12.0. The van der Waals surface area contributed by atoms with Crippen LogP contribution in [0, 0.1) is 5.92 Å². The topological polar surface area (TPSA) is 26.3 Å². The molecule has 0 N–H and O–H groups in total. The van der Waals surface area contributed by atoms with Gasteiger partial charge in [-0.15, -0.1) is 0 Å². The van der Waals surface area contributed by atoms with E-state index in [1.165, 1.54) is 5.56 Å². The lowest BCUT2D eigenvalue weighted by Gasteiger charge is -2.20. The van der Waals surface area contributed by atoms with E-state index in [1.54, 1.807) is 0 Å². The first-order valence-electron chi connectivity index (χ1n) is 6.11. The van der Waals surface area contributed by atoms with Crippen molar-refractivity contribution < 1.29 is 9.53 Å². The van der Waals surface area contributed by atoms with Crippen molar-refractivity contribution in [3.05, 3.63) is 35.9 Å². The number of esters is 1. The van der Waals surface area contributed by atoms with Gasteiger partial charge in [0.15, 0.2) is 0 Å². The monoisotopic (exact) mass is 232 g/mol. The summed E-state index contributed by atoms with van der Waals surface area (Å²) in [6, 6.07) is 10.2. The molecule has 0 saturated heterocycles. The highest BCUT2D eigenvalue weighted by atomic mass is 16.6. The molecule has 0 radical (unpaired) electrons. The Kier molecular flexibility index (Phi) is 2.76. The third-order valence-electron chi connectivity index (χ3n) is 3.36. The van der Waals surface area contributed by atoms with Gasteiger partial charge >= 0.3 is 5.97 Å². The van der Waals surface area contributed by atoms with E-state index in [9.17, 15) is 4.79 Å². The first-order chi connectivity index (χ1) is 7.83. The van der Waals surface area contributed by atoms with E-state index in [4.69, 9.17) is 4.74 Å². The summed E-state index contributed by atoms with van der Waals surface area (Å²) in [5.74, 6) is -0.0482. The Labute approximate surface area is 103 Å². The van der Waals surface area contributed by atoms with Gasteiger partial charge in [0.05, 0.1) is 5.92 Å². The summed E-state index contributed by atoms with van der Waals surface area (Å²) in [4.78, 5) is 12.0. The van der Waals surface area contributed by atoms with Crippen LogP contribution in [0.4, 0.5) is 0 Å². The van der Waals surface area contributed by atoms with Crippen molar-refractivity contribution in [2.24, 2.45) is 5.92 Å². The van der Waals surface area contributed by atoms with Gasteiger partial charge < -0.3 is 4.74 Å². The van der Waals surface area contributed by atoms with Gasteiger partial charge in [0, 0.05) is 5.41 Å². The maximum atomic E-state index is 12.0. The quantitative estimate of drug-likeness (QED) is 0.731. The lowest BCUT2D eigenvalue weighted by Crippen LogP contribution is -2.26. The van der Waals surface area contributed by atoms with Crippen LogP contribution in [0.3, 0.4) is 0 Å². The highest BCUT2D eigenvalue weighted by molar-refractivity contribution is 5.79. The molecule has 1 saturated carbocycles. The van der Waals surface area contributed by atoms with E-state index in [2.05, 4.69) is 19.1 Å². The Morgan fingerprint density at radius 2 is 1.88 bits per heavy atom. The molecule has 17 heavy (non-hydrogen) atoms. The summed E-state index contributed by atoms with van der Waals surface area (Å²) in [6.07, 6.45) is 0.895. The van der Waals surface area contributed by atoms with Gasteiger partial charge in [-0.25, -0.2) is 0 Å². The molecule has 92 valence electrons. The molecule has 2 nitrogen and oxygen atoms in total. The molecule has 0 heterocycles. The molecule has 1 aromatic rings. The maximum Gasteiger partial charge on any atom is 0.310 e. The largest absolute Gasteiger partial charge is 0.460 e. The second-order valence-electron chi connectivity index (χ2n) is 6.07. The average molecular weight is 232 g/mol. The molecular formula is C15H20O2. The summed E-state index contributed by atoms with van der Waals surface area (Å²) >= 11 is 0. The molecule has 0 bridgehead atoms. The zero-order valence-corrected chi connectivity index (χ0v) is 11.0. The number of hydrogen-bond acceptors (Lipinski definition) is 2. The molecule has 1 fully saturated rings. The molecule has 0 spiro atoms. The molecule has 1 aliphatic rings. The van der Waals surface area contributed by atoms with Crippen LogP contribution in [0.25, 0.3) is 0 Å². The predicted octanol–water partition coefficient (Wildman–Crippen LogP) is 3.31. The summed E-state index contributed by atoms with van der Waals surface area (Å²) < 4.78 is 5.44. The molecule has 0 aromatic heterocycles. The molecule has 0 amide bonds. The standard InChI is InChI=1S/C15H20O2/c1-14(2,3)17-13(16)12-10-15(12,4)11-8-6-5-7-9-11/h5-9,12H,10H2,1-4H3/t12-,15+/m1/s1. The van der Waals surface area contributed by atoms with Crippen LogP contribution in [0.1, 0.15) is 39.7 Å². The van der Waals surface area contributed by atoms with E-state index in [0.717, 1.165) is 6.42 Å². The lowest BCUT2D eigenvalue weighted by molar-refractivity contribution is -0.157. The number of ether oxygens (including phenoxy) is 1. The predicted molar refractivity (Wildman–Crippen MR) is 67.7 cm³/mol. The van der Waals surface area contributed by atoms with Crippen molar-refractivity contribution in [1.29, 1.82) is 0 Å². The second-order valence-corrected chi connectivity index (χ2v) is 6.07. The Morgan fingerprint density at radius 3 is 2.41 bits per heavy atom. The lowest BCUT2D eigenvalue weighted by atomic mass is 9.95. The van der Waals surface area contributed by atoms with Gasteiger partial charge in [0.25, 0.3) is 0 Å². The minimum Gasteiger partial charge on any atom is -0.460 e. The van der Waals surface area contributed by atoms with Gasteiger partial charge in [0.1, 0.15) is 5.60 Å². The fraction of sp³-hybridized carbons (Fsp3) is 0.533.